The Morgan fingerprint density at radius 2 is 1.11 bits per heavy atom. The van der Waals surface area contributed by atoms with E-state index < -0.39 is 5.24 Å². The van der Waals surface area contributed by atoms with E-state index in [0.29, 0.717) is 34.1 Å². The number of aromatic nitrogens is 6. The smallest absolute Gasteiger partial charge is 0.244 e. The number of H-pyrrole nitrogens is 2. The highest BCUT2D eigenvalue weighted by atomic mass is 35.5. The zero-order chi connectivity index (χ0) is 49.7. The van der Waals surface area contributed by atoms with Crippen molar-refractivity contribution in [3.05, 3.63) is 163 Å². The third kappa shape index (κ3) is 13.6. The molecule has 2 aliphatic carbocycles. The maximum absolute atomic E-state index is 11.6. The zero-order valence-corrected chi connectivity index (χ0v) is 41.2. The van der Waals surface area contributed by atoms with Crippen LogP contribution >= 0.6 is 34.8 Å². The standard InChI is InChI=1S/C28H27ClN4O2.C24H24ClN5O.C3H3ClO/c1-2-20(34)14-18-10-12-21(13-11-18)35-22-7-5-6-19(15-22)32-28-31-17-25(29)27(33-28)24-16-30-26-9-4-3-8-23(24)26;25-21-14-28-24(30-23(21)20-13-27-22-7-2-1-6-19(20)22)29-16-4-3-5-18(12-16)31-17-10-8-15(26)9-11-17;1-2-3(4)5/h2-4,8-13,16-17,19,22,30H,1,5-7,14-15H2,(H,31,32,33);1-2,6-11,13-14,16,18,27H,3-5,12,26H2,(H,28,29,30);2H,1H2/t19-,22-;16-,18-;/m11./s1. The number of carbonyl (C=O) groups is 2. The van der Waals surface area contributed by atoms with Crippen LogP contribution in [0.25, 0.3) is 44.3 Å². The molecule has 0 aliphatic heterocycles. The Hall–Kier alpha value is -7.19. The van der Waals surface area contributed by atoms with Gasteiger partial charge >= 0.3 is 0 Å². The largest absolute Gasteiger partial charge is 0.490 e. The summed E-state index contributed by atoms with van der Waals surface area (Å²) in [5.41, 5.74) is 12.9. The molecule has 4 aromatic heterocycles. The fraction of sp³-hybridized carbons (Fsp3) is 0.236. The lowest BCUT2D eigenvalue weighted by Gasteiger charge is -2.30. The average molecular weight is 1010 g/mol. The molecule has 2 saturated carbocycles. The monoisotopic (exact) mass is 1010 g/mol. The van der Waals surface area contributed by atoms with Gasteiger partial charge in [-0.05, 0) is 116 Å². The lowest BCUT2D eigenvalue weighted by Crippen LogP contribution is -2.33. The average Bonchev–Trinajstić information content (AvgIpc) is 4.02. The first-order valence-electron chi connectivity index (χ1n) is 23.5. The van der Waals surface area contributed by atoms with Gasteiger partial charge in [-0.2, -0.15) is 0 Å². The van der Waals surface area contributed by atoms with E-state index >= 15 is 0 Å². The third-order valence-corrected chi connectivity index (χ3v) is 13.0. The Balaban J connectivity index is 0.000000175. The number of para-hydroxylation sites is 2. The Morgan fingerprint density at radius 3 is 1.56 bits per heavy atom. The van der Waals surface area contributed by atoms with Crippen LogP contribution in [-0.2, 0) is 16.0 Å². The Kier molecular flexibility index (Phi) is 17.0. The van der Waals surface area contributed by atoms with Gasteiger partial charge in [0.1, 0.15) is 23.7 Å². The molecule has 71 heavy (non-hydrogen) atoms. The summed E-state index contributed by atoms with van der Waals surface area (Å²) >= 11 is 17.6. The predicted molar refractivity (Wildman–Crippen MR) is 287 cm³/mol. The van der Waals surface area contributed by atoms with E-state index in [4.69, 9.17) is 60.0 Å². The normalized spacial score (nSPS) is 17.4. The van der Waals surface area contributed by atoms with Gasteiger partial charge < -0.3 is 35.8 Å². The van der Waals surface area contributed by atoms with Crippen LogP contribution in [0.3, 0.4) is 0 Å². The topological polar surface area (TPSA) is 186 Å². The number of hydrogen-bond donors (Lipinski definition) is 5. The molecule has 0 radical (unpaired) electrons. The number of nitrogens with zero attached hydrogens (tertiary/aromatic N) is 4. The number of carbonyl (C=O) groups excluding carboxylic acids is 2. The van der Waals surface area contributed by atoms with Crippen molar-refractivity contribution in [1.29, 1.82) is 0 Å². The van der Waals surface area contributed by atoms with E-state index in [1.807, 2.05) is 97.3 Å². The highest BCUT2D eigenvalue weighted by Gasteiger charge is 2.26. The van der Waals surface area contributed by atoms with E-state index in [-0.39, 0.29) is 30.1 Å². The van der Waals surface area contributed by atoms with Crippen LogP contribution in [0, 0.1) is 0 Å². The Bertz CT molecular complexity index is 3100. The van der Waals surface area contributed by atoms with Crippen LogP contribution in [0.1, 0.15) is 56.9 Å². The predicted octanol–water partition coefficient (Wildman–Crippen LogP) is 13.0. The van der Waals surface area contributed by atoms with Crippen molar-refractivity contribution in [1.82, 2.24) is 29.9 Å². The molecule has 2 fully saturated rings. The van der Waals surface area contributed by atoms with Crippen molar-refractivity contribution in [3.8, 4) is 34.0 Å². The number of ether oxygens (including phenoxy) is 2. The molecular formula is C55H54Cl3N9O4. The van der Waals surface area contributed by atoms with Gasteiger partial charge in [-0.1, -0.05) is 84.9 Å². The second-order valence-electron chi connectivity index (χ2n) is 17.3. The number of ketones is 1. The first kappa shape index (κ1) is 50.2. The molecule has 2 aliphatic rings. The molecule has 16 heteroatoms. The number of hydrogen-bond acceptors (Lipinski definition) is 11. The van der Waals surface area contributed by atoms with Gasteiger partial charge in [-0.3, -0.25) is 9.59 Å². The fourth-order valence-corrected chi connectivity index (χ4v) is 9.19. The number of allylic oxidation sites excluding steroid dienone is 2. The summed E-state index contributed by atoms with van der Waals surface area (Å²) in [6.07, 6.45) is 18.2. The van der Waals surface area contributed by atoms with Gasteiger partial charge in [0.2, 0.25) is 17.1 Å². The Morgan fingerprint density at radius 1 is 0.662 bits per heavy atom. The fourth-order valence-electron chi connectivity index (χ4n) is 8.81. The van der Waals surface area contributed by atoms with Crippen molar-refractivity contribution >= 4 is 85.2 Å². The number of halogens is 3. The number of benzene rings is 4. The number of fused-ring (bicyclic) bond motifs is 2. The Labute approximate surface area is 427 Å². The van der Waals surface area contributed by atoms with Crippen molar-refractivity contribution < 1.29 is 19.1 Å². The summed E-state index contributed by atoms with van der Waals surface area (Å²) in [7, 11) is 0. The van der Waals surface area contributed by atoms with Crippen LogP contribution in [0.15, 0.2) is 147 Å². The summed E-state index contributed by atoms with van der Waals surface area (Å²) in [5, 5.41) is 9.69. The molecule has 0 bridgehead atoms. The van der Waals surface area contributed by atoms with Crippen LogP contribution in [0.2, 0.25) is 10.0 Å². The molecular weight excluding hydrogens is 957 g/mol. The van der Waals surface area contributed by atoms with Crippen molar-refractivity contribution in [2.75, 3.05) is 16.4 Å². The van der Waals surface area contributed by atoms with Crippen LogP contribution in [0.5, 0.6) is 11.5 Å². The number of aromatic amines is 2. The molecule has 4 aromatic carbocycles. The first-order valence-corrected chi connectivity index (χ1v) is 24.6. The molecule has 4 heterocycles. The highest BCUT2D eigenvalue weighted by Crippen LogP contribution is 2.35. The maximum atomic E-state index is 11.6. The number of nitrogens with two attached hydrogens (primary N) is 1. The van der Waals surface area contributed by atoms with Crippen LogP contribution in [-0.4, -0.2) is 65.2 Å². The van der Waals surface area contributed by atoms with Crippen molar-refractivity contribution in [2.24, 2.45) is 0 Å². The second kappa shape index (κ2) is 24.1. The minimum Gasteiger partial charge on any atom is -0.490 e. The molecule has 0 saturated heterocycles. The van der Waals surface area contributed by atoms with Crippen LogP contribution in [0.4, 0.5) is 17.6 Å². The number of anilines is 3. The van der Waals surface area contributed by atoms with E-state index in [9.17, 15) is 9.59 Å². The summed E-state index contributed by atoms with van der Waals surface area (Å²) in [6.45, 7) is 6.60. The van der Waals surface area contributed by atoms with E-state index in [0.717, 1.165) is 119 Å². The lowest BCUT2D eigenvalue weighted by molar-refractivity contribution is -0.114. The third-order valence-electron chi connectivity index (χ3n) is 12.3. The van der Waals surface area contributed by atoms with Gasteiger partial charge in [0.15, 0.2) is 5.78 Å². The van der Waals surface area contributed by atoms with Crippen LogP contribution < -0.4 is 25.8 Å². The molecule has 8 aromatic rings. The quantitative estimate of drug-likeness (QED) is 0.0396. The van der Waals surface area contributed by atoms with Gasteiger partial charge in [0.25, 0.3) is 0 Å². The minimum atomic E-state index is -0.509. The minimum absolute atomic E-state index is 0.0112. The summed E-state index contributed by atoms with van der Waals surface area (Å²) in [5.74, 6) is 2.83. The maximum Gasteiger partial charge on any atom is 0.244 e. The van der Waals surface area contributed by atoms with E-state index in [1.165, 1.54) is 6.08 Å². The summed E-state index contributed by atoms with van der Waals surface area (Å²) in [4.78, 5) is 45.9. The van der Waals surface area contributed by atoms with Gasteiger partial charge in [0, 0.05) is 82.4 Å². The number of rotatable bonds is 14. The SMILES string of the molecule is C=CC(=O)Cc1ccc(O[C@@H]2CCC[C@@H](Nc3ncc(Cl)c(-c4c[nH]c5ccccc45)n3)C2)cc1.C=CC(=O)Cl.Nc1ccc(O[C@@H]2CCC[C@@H](Nc3ncc(Cl)c(-c4c[nH]c5ccccc45)n3)C2)cc1. The van der Waals surface area contributed by atoms with E-state index in [1.54, 1.807) is 12.4 Å². The molecule has 0 spiro atoms. The molecule has 0 unspecified atom stereocenters. The van der Waals surface area contributed by atoms with E-state index in [2.05, 4.69) is 55.9 Å². The molecule has 13 nitrogen and oxygen atoms in total. The zero-order valence-electron chi connectivity index (χ0n) is 38.9. The number of nitrogens with one attached hydrogen (secondary N) is 4. The van der Waals surface area contributed by atoms with Crippen molar-refractivity contribution in [3.63, 3.8) is 0 Å². The molecule has 10 rings (SSSR count). The van der Waals surface area contributed by atoms with Gasteiger partial charge in [0.05, 0.1) is 33.8 Å². The molecule has 6 N–H and O–H groups in total. The molecule has 364 valence electrons. The lowest BCUT2D eigenvalue weighted by atomic mass is 9.93. The second-order valence-corrected chi connectivity index (χ2v) is 18.5. The molecule has 4 atom stereocenters. The number of nitrogen functional groups attached to an aromatic ring is 1. The van der Waals surface area contributed by atoms with Gasteiger partial charge in [-0.15, -0.1) is 0 Å². The first-order chi connectivity index (χ1) is 34.5. The summed E-state index contributed by atoms with van der Waals surface area (Å²) < 4.78 is 12.4. The molecule has 0 amide bonds. The summed E-state index contributed by atoms with van der Waals surface area (Å²) in [6, 6.07) is 31.9. The van der Waals surface area contributed by atoms with Crippen molar-refractivity contribution in [2.45, 2.75) is 82.1 Å². The highest BCUT2D eigenvalue weighted by molar-refractivity contribution is 6.66. The van der Waals surface area contributed by atoms with Gasteiger partial charge in [-0.25, -0.2) is 19.9 Å².